The smallest absolute Gasteiger partial charge is 0.481 e. The summed E-state index contributed by atoms with van der Waals surface area (Å²) in [7, 11) is 1.31. The fourth-order valence-corrected chi connectivity index (χ4v) is 1.55. The third-order valence-electron chi connectivity index (χ3n) is 1.82. The van der Waals surface area contributed by atoms with Crippen molar-refractivity contribution in [2.24, 2.45) is 0 Å². The van der Waals surface area contributed by atoms with Crippen molar-refractivity contribution >= 4 is 15.9 Å². The summed E-state index contributed by atoms with van der Waals surface area (Å²) in [5, 5.41) is 9.04. The van der Waals surface area contributed by atoms with E-state index in [9.17, 15) is 13.2 Å². The molecule has 4 nitrogen and oxygen atoms in total. The lowest BCUT2D eigenvalue weighted by atomic mass is 10.2. The van der Waals surface area contributed by atoms with Crippen LogP contribution in [0.1, 0.15) is 11.3 Å². The van der Waals surface area contributed by atoms with Gasteiger partial charge in [0.25, 0.3) is 0 Å². The Morgan fingerprint density at radius 2 is 2.12 bits per heavy atom. The van der Waals surface area contributed by atoms with E-state index >= 15 is 0 Å². The first-order valence-corrected chi connectivity index (χ1v) is 5.52. The molecule has 0 radical (unpaired) electrons. The highest BCUT2D eigenvalue weighted by Gasteiger charge is 2.32. The Bertz CT molecular complexity index is 398. The molecule has 0 saturated heterocycles. The van der Waals surface area contributed by atoms with Crippen LogP contribution in [0.3, 0.4) is 0 Å². The second kappa shape index (κ2) is 5.54. The zero-order valence-electron chi connectivity index (χ0n) is 8.71. The Morgan fingerprint density at radius 3 is 2.53 bits per heavy atom. The predicted octanol–water partition coefficient (Wildman–Crippen LogP) is 2.38. The number of nitrogens with zero attached hydrogens (tertiary/aromatic N) is 1. The minimum atomic E-state index is -4.81. The maximum atomic E-state index is 12.1. The van der Waals surface area contributed by atoms with E-state index < -0.39 is 18.7 Å². The maximum Gasteiger partial charge on any atom is 0.573 e. The van der Waals surface area contributed by atoms with Crippen molar-refractivity contribution in [3.05, 3.63) is 17.3 Å². The van der Waals surface area contributed by atoms with Gasteiger partial charge in [0.15, 0.2) is 5.75 Å². The van der Waals surface area contributed by atoms with Crippen LogP contribution in [0.2, 0.25) is 0 Å². The molecule has 0 fully saturated rings. The Kier molecular flexibility index (Phi) is 4.58. The van der Waals surface area contributed by atoms with Crippen LogP contribution < -0.4 is 9.47 Å². The average Bonchev–Trinajstić information content (AvgIpc) is 2.26. The summed E-state index contributed by atoms with van der Waals surface area (Å²) in [6.45, 7) is -0.493. The SMILES string of the molecule is COc1nc(CBr)c(OC(F)(F)F)cc1CO. The van der Waals surface area contributed by atoms with Gasteiger partial charge in [-0.2, -0.15) is 0 Å². The number of alkyl halides is 4. The Balaban J connectivity index is 3.19. The van der Waals surface area contributed by atoms with Gasteiger partial charge in [-0.3, -0.25) is 0 Å². The predicted molar refractivity (Wildman–Crippen MR) is 56.0 cm³/mol. The number of aromatic nitrogens is 1. The molecule has 0 aliphatic heterocycles. The van der Waals surface area contributed by atoms with Gasteiger partial charge in [-0.05, 0) is 6.07 Å². The van der Waals surface area contributed by atoms with E-state index in [4.69, 9.17) is 9.84 Å². The number of halogens is 4. The lowest BCUT2D eigenvalue weighted by molar-refractivity contribution is -0.275. The highest BCUT2D eigenvalue weighted by Crippen LogP contribution is 2.31. The van der Waals surface area contributed by atoms with Gasteiger partial charge in [-0.1, -0.05) is 15.9 Å². The van der Waals surface area contributed by atoms with Crippen LogP contribution in [0.15, 0.2) is 6.07 Å². The molecular weight excluding hydrogens is 307 g/mol. The van der Waals surface area contributed by atoms with Crippen LogP contribution in [0.25, 0.3) is 0 Å². The lowest BCUT2D eigenvalue weighted by Gasteiger charge is -2.14. The molecule has 0 aromatic carbocycles. The molecule has 0 spiro atoms. The molecule has 17 heavy (non-hydrogen) atoms. The second-order valence-electron chi connectivity index (χ2n) is 2.94. The molecule has 1 heterocycles. The van der Waals surface area contributed by atoms with Crippen LogP contribution in [-0.2, 0) is 11.9 Å². The lowest BCUT2D eigenvalue weighted by Crippen LogP contribution is -2.18. The molecule has 1 rings (SSSR count). The Labute approximate surface area is 103 Å². The molecule has 0 aliphatic rings. The minimum Gasteiger partial charge on any atom is -0.481 e. The van der Waals surface area contributed by atoms with Crippen molar-refractivity contribution in [3.63, 3.8) is 0 Å². The van der Waals surface area contributed by atoms with Crippen molar-refractivity contribution in [2.45, 2.75) is 18.3 Å². The first kappa shape index (κ1) is 14.0. The first-order valence-electron chi connectivity index (χ1n) is 4.40. The van der Waals surface area contributed by atoms with Gasteiger partial charge in [-0.15, -0.1) is 13.2 Å². The molecule has 1 N–H and O–H groups in total. The van der Waals surface area contributed by atoms with E-state index in [2.05, 4.69) is 25.7 Å². The van der Waals surface area contributed by atoms with Crippen LogP contribution in [-0.4, -0.2) is 23.6 Å². The van der Waals surface area contributed by atoms with E-state index in [1.807, 2.05) is 0 Å². The van der Waals surface area contributed by atoms with Gasteiger partial charge in [-0.25, -0.2) is 4.98 Å². The molecule has 1 aromatic rings. The third kappa shape index (κ3) is 3.74. The average molecular weight is 316 g/mol. The van der Waals surface area contributed by atoms with E-state index in [0.717, 1.165) is 6.07 Å². The standard InChI is InChI=1S/C9H9BrF3NO3/c1-16-8-5(4-15)2-7(6(3-10)14-8)17-9(11,12)13/h2,15H,3-4H2,1H3. The van der Waals surface area contributed by atoms with Crippen molar-refractivity contribution in [2.75, 3.05) is 7.11 Å². The molecule has 8 heteroatoms. The summed E-state index contributed by atoms with van der Waals surface area (Å²) < 4.78 is 45.0. The number of aliphatic hydroxyl groups excluding tert-OH is 1. The van der Waals surface area contributed by atoms with Crippen molar-refractivity contribution < 1.29 is 27.8 Å². The number of ether oxygens (including phenoxy) is 2. The number of hydrogen-bond donors (Lipinski definition) is 1. The second-order valence-corrected chi connectivity index (χ2v) is 3.50. The summed E-state index contributed by atoms with van der Waals surface area (Å²) in [4.78, 5) is 3.81. The number of rotatable bonds is 4. The van der Waals surface area contributed by atoms with E-state index in [-0.39, 0.29) is 22.5 Å². The molecule has 0 unspecified atom stereocenters. The van der Waals surface area contributed by atoms with Crippen LogP contribution >= 0.6 is 15.9 Å². The zero-order chi connectivity index (χ0) is 13.1. The Hall–Kier alpha value is -1.02. The van der Waals surface area contributed by atoms with Crippen molar-refractivity contribution in [1.29, 1.82) is 0 Å². The Morgan fingerprint density at radius 1 is 1.47 bits per heavy atom. The molecule has 0 saturated carbocycles. The minimum absolute atomic E-state index is 0.0383. The molecular formula is C9H9BrF3NO3. The number of pyridine rings is 1. The van der Waals surface area contributed by atoms with Crippen LogP contribution in [0.4, 0.5) is 13.2 Å². The summed E-state index contributed by atoms with van der Waals surface area (Å²) in [5.74, 6) is -0.393. The summed E-state index contributed by atoms with van der Waals surface area (Å²) in [6.07, 6.45) is -4.81. The summed E-state index contributed by atoms with van der Waals surface area (Å²) in [5.41, 5.74) is 0.160. The molecule has 0 bridgehead atoms. The van der Waals surface area contributed by atoms with Gasteiger partial charge in [0.05, 0.1) is 19.4 Å². The molecule has 1 aromatic heterocycles. The van der Waals surface area contributed by atoms with Gasteiger partial charge in [0, 0.05) is 10.9 Å². The fourth-order valence-electron chi connectivity index (χ4n) is 1.15. The number of aliphatic hydroxyl groups is 1. The van der Waals surface area contributed by atoms with Gasteiger partial charge < -0.3 is 14.6 Å². The van der Waals surface area contributed by atoms with E-state index in [1.54, 1.807) is 0 Å². The summed E-state index contributed by atoms with van der Waals surface area (Å²) in [6, 6.07) is 1.05. The van der Waals surface area contributed by atoms with Crippen molar-refractivity contribution in [1.82, 2.24) is 4.98 Å². The maximum absolute atomic E-state index is 12.1. The van der Waals surface area contributed by atoms with Gasteiger partial charge in [0.2, 0.25) is 5.88 Å². The topological polar surface area (TPSA) is 51.6 Å². The monoisotopic (exact) mass is 315 g/mol. The molecule has 0 aliphatic carbocycles. The summed E-state index contributed by atoms with van der Waals surface area (Å²) >= 11 is 3.00. The van der Waals surface area contributed by atoms with E-state index in [1.165, 1.54) is 7.11 Å². The number of methoxy groups -OCH3 is 1. The highest BCUT2D eigenvalue weighted by atomic mass is 79.9. The molecule has 0 atom stereocenters. The molecule has 96 valence electrons. The third-order valence-corrected chi connectivity index (χ3v) is 2.35. The quantitative estimate of drug-likeness (QED) is 0.867. The largest absolute Gasteiger partial charge is 0.573 e. The zero-order valence-corrected chi connectivity index (χ0v) is 10.3. The normalized spacial score (nSPS) is 11.4. The molecule has 0 amide bonds. The fraction of sp³-hybridized carbons (Fsp3) is 0.444. The van der Waals surface area contributed by atoms with Gasteiger partial charge in [0.1, 0.15) is 0 Å². The first-order chi connectivity index (χ1) is 7.91. The highest BCUT2D eigenvalue weighted by molar-refractivity contribution is 9.08. The van der Waals surface area contributed by atoms with Crippen LogP contribution in [0, 0.1) is 0 Å². The van der Waals surface area contributed by atoms with Crippen molar-refractivity contribution in [3.8, 4) is 11.6 Å². The number of hydrogen-bond acceptors (Lipinski definition) is 4. The van der Waals surface area contributed by atoms with E-state index in [0.29, 0.717) is 0 Å². The van der Waals surface area contributed by atoms with Crippen LogP contribution in [0.5, 0.6) is 11.6 Å². The van der Waals surface area contributed by atoms with Gasteiger partial charge >= 0.3 is 6.36 Å².